The number of hydrogen-bond donors (Lipinski definition) is 0. The SMILES string of the molecule is COC/C1=C/[Si](c2ccccc2)(c2ccccc2)OC(C)CC/C=C\C1. The first kappa shape index (κ1) is 18.8. The molecule has 2 aromatic rings. The Hall–Kier alpha value is -1.94. The Kier molecular flexibility index (Phi) is 6.61. The fourth-order valence-electron chi connectivity index (χ4n) is 3.57. The molecule has 0 saturated carbocycles. The van der Waals surface area contributed by atoms with Crippen LogP contribution in [0.1, 0.15) is 26.2 Å². The molecular weight excluding hydrogens is 336 g/mol. The predicted molar refractivity (Wildman–Crippen MR) is 111 cm³/mol. The van der Waals surface area contributed by atoms with Crippen molar-refractivity contribution < 1.29 is 9.16 Å². The molecule has 26 heavy (non-hydrogen) atoms. The summed E-state index contributed by atoms with van der Waals surface area (Å²) in [7, 11) is -0.746. The van der Waals surface area contributed by atoms with Gasteiger partial charge in [-0.25, -0.2) is 0 Å². The lowest BCUT2D eigenvalue weighted by Crippen LogP contribution is -2.61. The summed E-state index contributed by atoms with van der Waals surface area (Å²) in [5.74, 6) is 0. The maximum atomic E-state index is 6.94. The average Bonchev–Trinajstić information content (AvgIpc) is 2.68. The summed E-state index contributed by atoms with van der Waals surface area (Å²) in [5, 5.41) is 2.58. The fourth-order valence-corrected chi connectivity index (χ4v) is 7.48. The Morgan fingerprint density at radius 1 is 0.962 bits per heavy atom. The predicted octanol–water partition coefficient (Wildman–Crippen LogP) is 4.00. The standard InChI is InChI=1S/C23H28O2Si/c1-20-12-6-3-7-13-21(18-24-2)19-26(25-20,22-14-8-4-9-15-22)23-16-10-5-11-17-23/h3-5,7-11,14-17,19-20H,6,12-13,18H2,1-2H3/b7-3-,21-19+. The van der Waals surface area contributed by atoms with E-state index < -0.39 is 8.32 Å². The molecule has 0 spiro atoms. The quantitative estimate of drug-likeness (QED) is 0.603. The molecule has 0 bridgehead atoms. The molecule has 136 valence electrons. The summed E-state index contributed by atoms with van der Waals surface area (Å²) in [4.78, 5) is 0. The van der Waals surface area contributed by atoms with Gasteiger partial charge in [0.1, 0.15) is 0 Å². The van der Waals surface area contributed by atoms with Gasteiger partial charge < -0.3 is 9.16 Å². The molecule has 0 fully saturated rings. The second-order valence-corrected chi connectivity index (χ2v) is 10.0. The van der Waals surface area contributed by atoms with E-state index in [1.54, 1.807) is 7.11 Å². The van der Waals surface area contributed by atoms with Crippen LogP contribution >= 0.6 is 0 Å². The third-order valence-electron chi connectivity index (χ3n) is 4.82. The topological polar surface area (TPSA) is 18.5 Å². The van der Waals surface area contributed by atoms with E-state index in [0.29, 0.717) is 6.61 Å². The molecule has 0 saturated heterocycles. The highest BCUT2D eigenvalue weighted by Gasteiger charge is 2.39. The van der Waals surface area contributed by atoms with Gasteiger partial charge in [-0.2, -0.15) is 0 Å². The van der Waals surface area contributed by atoms with Crippen LogP contribution in [-0.2, 0) is 9.16 Å². The maximum absolute atomic E-state index is 6.94. The number of allylic oxidation sites excluding steroid dienone is 2. The van der Waals surface area contributed by atoms with Crippen LogP contribution < -0.4 is 10.4 Å². The Morgan fingerprint density at radius 3 is 2.15 bits per heavy atom. The van der Waals surface area contributed by atoms with Crippen LogP contribution in [0.15, 0.2) is 84.1 Å². The van der Waals surface area contributed by atoms with E-state index in [4.69, 9.17) is 9.16 Å². The van der Waals surface area contributed by atoms with Gasteiger partial charge in [-0.15, -0.1) is 0 Å². The van der Waals surface area contributed by atoms with E-state index in [-0.39, 0.29) is 6.10 Å². The van der Waals surface area contributed by atoms with Crippen LogP contribution in [0.2, 0.25) is 0 Å². The largest absolute Gasteiger partial charge is 0.402 e. The zero-order valence-electron chi connectivity index (χ0n) is 15.7. The lowest BCUT2D eigenvalue weighted by Gasteiger charge is -2.34. The molecule has 1 unspecified atom stereocenters. The lowest BCUT2D eigenvalue weighted by atomic mass is 10.1. The molecule has 0 amide bonds. The first-order chi connectivity index (χ1) is 12.7. The molecule has 3 rings (SSSR count). The minimum atomic E-state index is -2.51. The monoisotopic (exact) mass is 364 g/mol. The van der Waals surface area contributed by atoms with Crippen LogP contribution in [0.4, 0.5) is 0 Å². The second kappa shape index (κ2) is 9.13. The van der Waals surface area contributed by atoms with Crippen molar-refractivity contribution >= 4 is 18.7 Å². The van der Waals surface area contributed by atoms with Crippen molar-refractivity contribution in [1.29, 1.82) is 0 Å². The number of benzene rings is 2. The summed E-state index contributed by atoms with van der Waals surface area (Å²) in [6.45, 7) is 2.84. The molecule has 0 N–H and O–H groups in total. The number of hydrogen-bond acceptors (Lipinski definition) is 2. The van der Waals surface area contributed by atoms with Gasteiger partial charge in [-0.05, 0) is 42.1 Å². The molecular formula is C23H28O2Si. The lowest BCUT2D eigenvalue weighted by molar-refractivity contribution is 0.210. The van der Waals surface area contributed by atoms with Crippen LogP contribution in [0.25, 0.3) is 0 Å². The summed E-state index contributed by atoms with van der Waals surface area (Å²) in [5.41, 5.74) is 3.70. The molecule has 1 aliphatic heterocycles. The van der Waals surface area contributed by atoms with Crippen LogP contribution in [0.5, 0.6) is 0 Å². The van der Waals surface area contributed by atoms with Crippen molar-refractivity contribution in [2.75, 3.05) is 13.7 Å². The molecule has 1 heterocycles. The van der Waals surface area contributed by atoms with E-state index >= 15 is 0 Å². The number of rotatable bonds is 4. The average molecular weight is 365 g/mol. The van der Waals surface area contributed by atoms with Gasteiger partial charge in [0.15, 0.2) is 0 Å². The highest BCUT2D eigenvalue weighted by molar-refractivity contribution is 7.01. The first-order valence-corrected chi connectivity index (χ1v) is 11.4. The number of ether oxygens (including phenoxy) is 1. The third kappa shape index (κ3) is 4.42. The maximum Gasteiger partial charge on any atom is 0.281 e. The highest BCUT2D eigenvalue weighted by Crippen LogP contribution is 2.20. The Bertz CT molecular complexity index is 698. The normalized spacial score (nSPS) is 23.6. The minimum Gasteiger partial charge on any atom is -0.402 e. The fraction of sp³-hybridized carbons (Fsp3) is 0.304. The molecule has 1 atom stereocenters. The van der Waals surface area contributed by atoms with Crippen LogP contribution in [-0.4, -0.2) is 28.1 Å². The van der Waals surface area contributed by atoms with Crippen LogP contribution in [0.3, 0.4) is 0 Å². The molecule has 2 nitrogen and oxygen atoms in total. The summed E-state index contributed by atoms with van der Waals surface area (Å²) in [6, 6.07) is 21.5. The summed E-state index contributed by atoms with van der Waals surface area (Å²) < 4.78 is 12.4. The van der Waals surface area contributed by atoms with Crippen molar-refractivity contribution in [3.8, 4) is 0 Å². The van der Waals surface area contributed by atoms with Gasteiger partial charge in [0.2, 0.25) is 0 Å². The van der Waals surface area contributed by atoms with E-state index in [1.807, 2.05) is 0 Å². The highest BCUT2D eigenvalue weighted by atomic mass is 28.4. The Morgan fingerprint density at radius 2 is 1.58 bits per heavy atom. The van der Waals surface area contributed by atoms with Gasteiger partial charge in [0.05, 0.1) is 6.61 Å². The van der Waals surface area contributed by atoms with Gasteiger partial charge in [0, 0.05) is 13.2 Å². The Labute approximate surface area is 158 Å². The zero-order valence-corrected chi connectivity index (χ0v) is 16.7. The molecule has 1 aliphatic rings. The zero-order chi connectivity index (χ0) is 18.2. The van der Waals surface area contributed by atoms with Gasteiger partial charge in [-0.3, -0.25) is 0 Å². The van der Waals surface area contributed by atoms with Gasteiger partial charge in [-0.1, -0.05) is 78.5 Å². The van der Waals surface area contributed by atoms with Crippen molar-refractivity contribution in [2.45, 2.75) is 32.3 Å². The molecule has 0 radical (unpaired) electrons. The van der Waals surface area contributed by atoms with Crippen molar-refractivity contribution in [3.05, 3.63) is 84.1 Å². The Balaban J connectivity index is 2.21. The van der Waals surface area contributed by atoms with E-state index in [9.17, 15) is 0 Å². The van der Waals surface area contributed by atoms with Crippen molar-refractivity contribution in [2.24, 2.45) is 0 Å². The molecule has 3 heteroatoms. The van der Waals surface area contributed by atoms with E-state index in [1.165, 1.54) is 15.9 Å². The molecule has 0 aliphatic carbocycles. The molecule has 0 aromatic heterocycles. The van der Waals surface area contributed by atoms with E-state index in [2.05, 4.69) is 85.4 Å². The van der Waals surface area contributed by atoms with Crippen molar-refractivity contribution in [3.63, 3.8) is 0 Å². The van der Waals surface area contributed by atoms with Crippen LogP contribution in [0, 0.1) is 0 Å². The summed E-state index contributed by atoms with van der Waals surface area (Å²) in [6.07, 6.45) is 7.75. The number of methoxy groups -OCH3 is 1. The van der Waals surface area contributed by atoms with E-state index in [0.717, 1.165) is 19.3 Å². The first-order valence-electron chi connectivity index (χ1n) is 9.38. The second-order valence-electron chi connectivity index (χ2n) is 6.88. The van der Waals surface area contributed by atoms with Gasteiger partial charge >= 0.3 is 0 Å². The van der Waals surface area contributed by atoms with Crippen molar-refractivity contribution in [1.82, 2.24) is 0 Å². The van der Waals surface area contributed by atoms with Gasteiger partial charge in [0.25, 0.3) is 8.32 Å². The molecule has 2 aromatic carbocycles. The third-order valence-corrected chi connectivity index (χ3v) is 8.79. The smallest absolute Gasteiger partial charge is 0.281 e. The minimum absolute atomic E-state index is 0.199. The summed E-state index contributed by atoms with van der Waals surface area (Å²) >= 11 is 0.